The molecule has 3 heteroatoms. The summed E-state index contributed by atoms with van der Waals surface area (Å²) < 4.78 is 5.36. The van der Waals surface area contributed by atoms with Gasteiger partial charge in [-0.2, -0.15) is 0 Å². The van der Waals surface area contributed by atoms with Gasteiger partial charge in [-0.25, -0.2) is 0 Å². The maximum atomic E-state index is 2.43. The van der Waals surface area contributed by atoms with Crippen molar-refractivity contribution in [3.05, 3.63) is 188 Å². The van der Waals surface area contributed by atoms with E-state index >= 15 is 0 Å². The first-order valence-corrected chi connectivity index (χ1v) is 19.6. The van der Waals surface area contributed by atoms with Crippen molar-refractivity contribution >= 4 is 102 Å². The van der Waals surface area contributed by atoms with Crippen LogP contribution in [0.1, 0.15) is 0 Å². The van der Waals surface area contributed by atoms with Crippen LogP contribution < -0.4 is 4.90 Å². The summed E-state index contributed by atoms with van der Waals surface area (Å²) in [7, 11) is 0. The molecule has 0 fully saturated rings. The monoisotopic (exact) mass is 709 g/mol. The standard InChI is InChI=1S/C50H31NS2/c1-2-11-32(12-3-1)33-21-25-36(26-22-33)51(43-31-35-13-4-5-14-38(35)40-15-6-7-16-41(40)43)37-27-23-34(24-28-37)39-18-10-20-45-48(39)50-47(53-45)30-29-46-49(50)42-17-8-9-19-44(42)52-46/h1-31H. The van der Waals surface area contributed by atoms with E-state index in [1.165, 1.54) is 84.1 Å². The average molecular weight is 710 g/mol. The molecule has 11 aromatic rings. The van der Waals surface area contributed by atoms with Crippen molar-refractivity contribution in [2.24, 2.45) is 0 Å². The second kappa shape index (κ2) is 12.2. The zero-order chi connectivity index (χ0) is 34.9. The summed E-state index contributed by atoms with van der Waals surface area (Å²) in [6.45, 7) is 0. The lowest BCUT2D eigenvalue weighted by Gasteiger charge is -2.28. The van der Waals surface area contributed by atoms with Gasteiger partial charge < -0.3 is 4.90 Å². The van der Waals surface area contributed by atoms with Gasteiger partial charge in [-0.05, 0) is 93.0 Å². The quantitative estimate of drug-likeness (QED) is 0.161. The Morgan fingerprint density at radius 2 is 0.868 bits per heavy atom. The van der Waals surface area contributed by atoms with Gasteiger partial charge in [0.15, 0.2) is 0 Å². The molecule has 0 radical (unpaired) electrons. The molecule has 0 aliphatic heterocycles. The fourth-order valence-electron chi connectivity index (χ4n) is 8.23. The maximum absolute atomic E-state index is 2.43. The number of fused-ring (bicyclic) bond motifs is 10. The minimum absolute atomic E-state index is 1.12. The summed E-state index contributed by atoms with van der Waals surface area (Å²) in [5.74, 6) is 0. The number of anilines is 3. The number of hydrogen-bond acceptors (Lipinski definition) is 3. The molecule has 1 nitrogen and oxygen atoms in total. The predicted molar refractivity (Wildman–Crippen MR) is 233 cm³/mol. The molecule has 11 rings (SSSR count). The highest BCUT2D eigenvalue weighted by Gasteiger charge is 2.20. The lowest BCUT2D eigenvalue weighted by molar-refractivity contribution is 1.30. The topological polar surface area (TPSA) is 3.24 Å². The Labute approximate surface area is 315 Å². The molecule has 2 heterocycles. The van der Waals surface area contributed by atoms with Gasteiger partial charge in [-0.15, -0.1) is 22.7 Å². The summed E-state index contributed by atoms with van der Waals surface area (Å²) in [4.78, 5) is 2.43. The second-order valence-corrected chi connectivity index (χ2v) is 15.8. The molecular weight excluding hydrogens is 679 g/mol. The Hall–Kier alpha value is -6.26. The van der Waals surface area contributed by atoms with Crippen molar-refractivity contribution in [3.63, 3.8) is 0 Å². The van der Waals surface area contributed by atoms with Crippen LogP contribution in [0.25, 0.3) is 84.1 Å². The van der Waals surface area contributed by atoms with Crippen LogP contribution in [-0.4, -0.2) is 0 Å². The molecule has 0 atom stereocenters. The van der Waals surface area contributed by atoms with Gasteiger partial charge in [-0.1, -0.05) is 133 Å². The van der Waals surface area contributed by atoms with Gasteiger partial charge in [0, 0.05) is 57.1 Å². The molecule has 9 aromatic carbocycles. The molecule has 0 saturated carbocycles. The lowest BCUT2D eigenvalue weighted by Crippen LogP contribution is -2.10. The van der Waals surface area contributed by atoms with Gasteiger partial charge in [0.05, 0.1) is 5.69 Å². The summed E-state index contributed by atoms with van der Waals surface area (Å²) in [6, 6.07) is 69.0. The minimum atomic E-state index is 1.12. The Kier molecular flexibility index (Phi) is 6.97. The van der Waals surface area contributed by atoms with Gasteiger partial charge in [0.1, 0.15) is 0 Å². The van der Waals surface area contributed by atoms with E-state index in [4.69, 9.17) is 0 Å². The number of benzene rings is 9. The smallest absolute Gasteiger partial charge is 0.0546 e. The Balaban J connectivity index is 1.10. The minimum Gasteiger partial charge on any atom is -0.310 e. The van der Waals surface area contributed by atoms with Gasteiger partial charge >= 0.3 is 0 Å². The van der Waals surface area contributed by atoms with Gasteiger partial charge in [0.25, 0.3) is 0 Å². The number of hydrogen-bond donors (Lipinski definition) is 0. The van der Waals surface area contributed by atoms with Gasteiger partial charge in [0.2, 0.25) is 0 Å². The molecule has 2 aromatic heterocycles. The van der Waals surface area contributed by atoms with Crippen LogP contribution in [0.2, 0.25) is 0 Å². The van der Waals surface area contributed by atoms with E-state index in [2.05, 4.69) is 193 Å². The van der Waals surface area contributed by atoms with E-state index in [1.807, 2.05) is 22.7 Å². The number of nitrogens with zero attached hydrogens (tertiary/aromatic N) is 1. The van der Waals surface area contributed by atoms with Crippen molar-refractivity contribution in [1.82, 2.24) is 0 Å². The van der Waals surface area contributed by atoms with E-state index in [0.29, 0.717) is 0 Å². The van der Waals surface area contributed by atoms with Crippen LogP contribution in [0.15, 0.2) is 188 Å². The molecular formula is C50H31NS2. The largest absolute Gasteiger partial charge is 0.310 e. The van der Waals surface area contributed by atoms with Crippen LogP contribution in [0.4, 0.5) is 17.1 Å². The summed E-state index contributed by atoms with van der Waals surface area (Å²) in [5.41, 5.74) is 8.32. The van der Waals surface area contributed by atoms with Crippen LogP contribution in [0.5, 0.6) is 0 Å². The molecule has 0 aliphatic rings. The van der Waals surface area contributed by atoms with Crippen LogP contribution >= 0.6 is 22.7 Å². The molecule has 0 aliphatic carbocycles. The van der Waals surface area contributed by atoms with E-state index in [1.54, 1.807) is 0 Å². The zero-order valence-electron chi connectivity index (χ0n) is 28.7. The lowest BCUT2D eigenvalue weighted by atomic mass is 9.96. The summed E-state index contributed by atoms with van der Waals surface area (Å²) >= 11 is 3.79. The SMILES string of the molecule is c1ccc(-c2ccc(N(c3ccc(-c4cccc5sc6ccc7sc8ccccc8c7c6c45)cc3)c3cc4ccccc4c4ccccc34)cc2)cc1. The molecule has 248 valence electrons. The average Bonchev–Trinajstić information content (AvgIpc) is 3.80. The first-order valence-electron chi connectivity index (χ1n) is 18.0. The molecule has 0 N–H and O–H groups in total. The summed E-state index contributed by atoms with van der Waals surface area (Å²) in [6.07, 6.45) is 0. The molecule has 0 bridgehead atoms. The molecule has 0 unspecified atom stereocenters. The van der Waals surface area contributed by atoms with Crippen LogP contribution in [0, 0.1) is 0 Å². The van der Waals surface area contributed by atoms with Crippen molar-refractivity contribution in [2.45, 2.75) is 0 Å². The van der Waals surface area contributed by atoms with Crippen molar-refractivity contribution in [2.75, 3.05) is 4.90 Å². The highest BCUT2D eigenvalue weighted by molar-refractivity contribution is 7.28. The van der Waals surface area contributed by atoms with Crippen molar-refractivity contribution in [1.29, 1.82) is 0 Å². The van der Waals surface area contributed by atoms with E-state index in [9.17, 15) is 0 Å². The third kappa shape index (κ3) is 4.89. The molecule has 0 amide bonds. The molecule has 0 spiro atoms. The van der Waals surface area contributed by atoms with Crippen molar-refractivity contribution in [3.8, 4) is 22.3 Å². The highest BCUT2D eigenvalue weighted by Crippen LogP contribution is 2.48. The molecule has 0 saturated heterocycles. The number of rotatable bonds is 5. The van der Waals surface area contributed by atoms with E-state index in [0.717, 1.165) is 17.1 Å². The highest BCUT2D eigenvalue weighted by atomic mass is 32.1. The summed E-state index contributed by atoms with van der Waals surface area (Å²) in [5, 5.41) is 10.4. The third-order valence-electron chi connectivity index (χ3n) is 10.7. The second-order valence-electron chi connectivity index (χ2n) is 13.6. The number of thiophene rings is 2. The normalized spacial score (nSPS) is 11.8. The Morgan fingerprint density at radius 1 is 0.321 bits per heavy atom. The Morgan fingerprint density at radius 3 is 1.64 bits per heavy atom. The molecule has 53 heavy (non-hydrogen) atoms. The maximum Gasteiger partial charge on any atom is 0.0546 e. The van der Waals surface area contributed by atoms with E-state index < -0.39 is 0 Å². The first kappa shape index (κ1) is 30.4. The van der Waals surface area contributed by atoms with Crippen molar-refractivity contribution < 1.29 is 0 Å². The van der Waals surface area contributed by atoms with Gasteiger partial charge in [-0.3, -0.25) is 0 Å². The fourth-order valence-corrected chi connectivity index (χ4v) is 10.5. The fraction of sp³-hybridized carbons (Fsp3) is 0. The Bertz CT molecular complexity index is 3150. The first-order chi connectivity index (χ1) is 26.3. The predicted octanol–water partition coefficient (Wildman–Crippen LogP) is 15.5. The van der Waals surface area contributed by atoms with Crippen LogP contribution in [0.3, 0.4) is 0 Å². The third-order valence-corrected chi connectivity index (χ3v) is 12.9. The van der Waals surface area contributed by atoms with E-state index in [-0.39, 0.29) is 0 Å². The van der Waals surface area contributed by atoms with Crippen LogP contribution in [-0.2, 0) is 0 Å². The zero-order valence-corrected chi connectivity index (χ0v) is 30.3.